The summed E-state index contributed by atoms with van der Waals surface area (Å²) in [4.78, 5) is 0. The summed E-state index contributed by atoms with van der Waals surface area (Å²) >= 11 is 6.51. The van der Waals surface area contributed by atoms with Crippen LogP contribution in [-0.4, -0.2) is 9.78 Å². The van der Waals surface area contributed by atoms with Crippen molar-refractivity contribution < 1.29 is 8.78 Å². The molecule has 0 bridgehead atoms. The monoisotopic (exact) mass is 422 g/mol. The summed E-state index contributed by atoms with van der Waals surface area (Å²) in [6.07, 6.45) is 1.65. The SMILES string of the molecule is CC(C)n1ncc(Br)c1C(NN)c1ccc(F)c(F)c1Br. The molecule has 1 atom stereocenters. The molecule has 114 valence electrons. The van der Waals surface area contributed by atoms with E-state index in [4.69, 9.17) is 5.84 Å². The molecule has 1 aromatic heterocycles. The van der Waals surface area contributed by atoms with Crippen molar-refractivity contribution in [1.29, 1.82) is 0 Å². The normalized spacial score (nSPS) is 13.0. The van der Waals surface area contributed by atoms with Crippen LogP contribution in [0, 0.1) is 11.6 Å². The van der Waals surface area contributed by atoms with Gasteiger partial charge in [-0.05, 0) is 57.3 Å². The minimum atomic E-state index is -0.945. The zero-order valence-corrected chi connectivity index (χ0v) is 14.5. The van der Waals surface area contributed by atoms with Gasteiger partial charge >= 0.3 is 0 Å². The molecule has 1 heterocycles. The fourth-order valence-corrected chi connectivity index (χ4v) is 3.16. The topological polar surface area (TPSA) is 55.9 Å². The number of benzene rings is 1. The maximum absolute atomic E-state index is 13.8. The second-order valence-electron chi connectivity index (χ2n) is 4.78. The Kier molecular flexibility index (Phi) is 5.13. The van der Waals surface area contributed by atoms with Gasteiger partial charge in [0.05, 0.1) is 26.9 Å². The van der Waals surface area contributed by atoms with Gasteiger partial charge in [0, 0.05) is 6.04 Å². The number of nitrogens with one attached hydrogen (secondary N) is 1. The van der Waals surface area contributed by atoms with Crippen LogP contribution in [0.15, 0.2) is 27.3 Å². The number of nitrogens with zero attached hydrogens (tertiary/aromatic N) is 2. The lowest BCUT2D eigenvalue weighted by molar-refractivity contribution is 0.468. The van der Waals surface area contributed by atoms with Crippen LogP contribution in [0.1, 0.15) is 37.2 Å². The van der Waals surface area contributed by atoms with Gasteiger partial charge in [0.15, 0.2) is 11.6 Å². The van der Waals surface area contributed by atoms with E-state index in [1.807, 2.05) is 13.8 Å². The van der Waals surface area contributed by atoms with Crippen LogP contribution < -0.4 is 11.3 Å². The first kappa shape index (κ1) is 16.5. The molecule has 0 fully saturated rings. The largest absolute Gasteiger partial charge is 0.271 e. The molecule has 1 unspecified atom stereocenters. The zero-order chi connectivity index (χ0) is 15.7. The van der Waals surface area contributed by atoms with Crippen LogP contribution >= 0.6 is 31.9 Å². The molecule has 1 aromatic carbocycles. The molecule has 3 N–H and O–H groups in total. The summed E-state index contributed by atoms with van der Waals surface area (Å²) in [5.41, 5.74) is 3.86. The third-order valence-electron chi connectivity index (χ3n) is 3.09. The molecule has 8 heteroatoms. The van der Waals surface area contributed by atoms with Crippen LogP contribution in [0.5, 0.6) is 0 Å². The number of halogens is 4. The first-order valence-electron chi connectivity index (χ1n) is 6.20. The molecule has 0 aliphatic carbocycles. The predicted molar refractivity (Wildman–Crippen MR) is 83.5 cm³/mol. The van der Waals surface area contributed by atoms with Crippen molar-refractivity contribution in [3.8, 4) is 0 Å². The fourth-order valence-electron chi connectivity index (χ4n) is 2.11. The Morgan fingerprint density at radius 2 is 1.95 bits per heavy atom. The molecular formula is C13H14Br2F2N4. The average Bonchev–Trinajstić information content (AvgIpc) is 2.82. The molecule has 0 aliphatic rings. The van der Waals surface area contributed by atoms with Crippen molar-refractivity contribution in [2.45, 2.75) is 25.9 Å². The van der Waals surface area contributed by atoms with Crippen molar-refractivity contribution in [3.63, 3.8) is 0 Å². The third kappa shape index (κ3) is 3.03. The lowest BCUT2D eigenvalue weighted by Gasteiger charge is -2.22. The van der Waals surface area contributed by atoms with E-state index in [1.54, 1.807) is 10.9 Å². The van der Waals surface area contributed by atoms with Gasteiger partial charge in [-0.3, -0.25) is 10.5 Å². The summed E-state index contributed by atoms with van der Waals surface area (Å²) in [6.45, 7) is 3.94. The Bertz CT molecular complexity index is 658. The maximum Gasteiger partial charge on any atom is 0.173 e. The summed E-state index contributed by atoms with van der Waals surface area (Å²) in [6, 6.07) is 2.10. The van der Waals surface area contributed by atoms with Crippen molar-refractivity contribution in [2.24, 2.45) is 5.84 Å². The van der Waals surface area contributed by atoms with Crippen LogP contribution in [0.2, 0.25) is 0 Å². The van der Waals surface area contributed by atoms with Crippen LogP contribution in [0.25, 0.3) is 0 Å². The molecule has 0 aliphatic heterocycles. The summed E-state index contributed by atoms with van der Waals surface area (Å²) in [5.74, 6) is 3.78. The van der Waals surface area contributed by atoms with Crippen molar-refractivity contribution in [2.75, 3.05) is 0 Å². The average molecular weight is 424 g/mol. The number of rotatable bonds is 4. The highest BCUT2D eigenvalue weighted by Gasteiger charge is 2.26. The lowest BCUT2D eigenvalue weighted by atomic mass is 10.0. The van der Waals surface area contributed by atoms with E-state index < -0.39 is 17.7 Å². The second kappa shape index (κ2) is 6.51. The molecule has 0 radical (unpaired) electrons. The van der Waals surface area contributed by atoms with E-state index in [0.717, 1.165) is 16.2 Å². The molecule has 0 saturated heterocycles. The van der Waals surface area contributed by atoms with E-state index in [9.17, 15) is 8.78 Å². The minimum Gasteiger partial charge on any atom is -0.271 e. The molecule has 4 nitrogen and oxygen atoms in total. The second-order valence-corrected chi connectivity index (χ2v) is 6.43. The van der Waals surface area contributed by atoms with Crippen molar-refractivity contribution in [1.82, 2.24) is 15.2 Å². The lowest BCUT2D eigenvalue weighted by Crippen LogP contribution is -2.31. The van der Waals surface area contributed by atoms with Gasteiger partial charge in [0.2, 0.25) is 0 Å². The molecular weight excluding hydrogens is 410 g/mol. The Morgan fingerprint density at radius 1 is 1.29 bits per heavy atom. The van der Waals surface area contributed by atoms with Crippen molar-refractivity contribution in [3.05, 3.63) is 50.2 Å². The van der Waals surface area contributed by atoms with Gasteiger partial charge in [0.1, 0.15) is 0 Å². The van der Waals surface area contributed by atoms with Crippen LogP contribution in [0.4, 0.5) is 8.78 Å². The zero-order valence-electron chi connectivity index (χ0n) is 11.4. The Labute approximate surface area is 137 Å². The highest BCUT2D eigenvalue weighted by atomic mass is 79.9. The minimum absolute atomic E-state index is 0.0360. The fraction of sp³-hybridized carbons (Fsp3) is 0.308. The number of hydrazine groups is 1. The highest BCUT2D eigenvalue weighted by Crippen LogP contribution is 2.35. The molecule has 2 rings (SSSR count). The number of hydrogen-bond acceptors (Lipinski definition) is 3. The van der Waals surface area contributed by atoms with Crippen LogP contribution in [-0.2, 0) is 0 Å². The van der Waals surface area contributed by atoms with Gasteiger partial charge in [-0.15, -0.1) is 0 Å². The smallest absolute Gasteiger partial charge is 0.173 e. The van der Waals surface area contributed by atoms with Gasteiger partial charge in [-0.25, -0.2) is 14.2 Å². The summed E-state index contributed by atoms with van der Waals surface area (Å²) in [5, 5.41) is 4.27. The molecule has 2 aromatic rings. The van der Waals surface area contributed by atoms with E-state index in [-0.39, 0.29) is 10.5 Å². The van der Waals surface area contributed by atoms with Gasteiger partial charge in [0.25, 0.3) is 0 Å². The summed E-state index contributed by atoms with van der Waals surface area (Å²) in [7, 11) is 0. The first-order chi connectivity index (χ1) is 9.88. The quantitative estimate of drug-likeness (QED) is 0.446. The Balaban J connectivity index is 2.61. The molecule has 0 amide bonds. The molecule has 0 spiro atoms. The van der Waals surface area contributed by atoms with Crippen molar-refractivity contribution >= 4 is 31.9 Å². The Morgan fingerprint density at radius 3 is 2.52 bits per heavy atom. The summed E-state index contributed by atoms with van der Waals surface area (Å²) < 4.78 is 29.6. The standard InChI is InChI=1S/C13H14Br2F2N4/c1-6(2)21-13(8(14)5-19-21)12(20-18)7-3-4-9(16)11(17)10(7)15/h3-6,12,20H,18H2,1-2H3. The molecule has 0 saturated carbocycles. The number of hydrogen-bond donors (Lipinski definition) is 2. The van der Waals surface area contributed by atoms with E-state index >= 15 is 0 Å². The predicted octanol–water partition coefficient (Wildman–Crippen LogP) is 3.82. The maximum atomic E-state index is 13.8. The van der Waals surface area contributed by atoms with Gasteiger partial charge in [-0.2, -0.15) is 5.10 Å². The number of nitrogens with two attached hydrogens (primary N) is 1. The van der Waals surface area contributed by atoms with Crippen LogP contribution in [0.3, 0.4) is 0 Å². The number of aromatic nitrogens is 2. The van der Waals surface area contributed by atoms with E-state index in [1.165, 1.54) is 6.07 Å². The highest BCUT2D eigenvalue weighted by molar-refractivity contribution is 9.10. The first-order valence-corrected chi connectivity index (χ1v) is 7.79. The van der Waals surface area contributed by atoms with Gasteiger partial charge in [-0.1, -0.05) is 6.07 Å². The molecule has 21 heavy (non-hydrogen) atoms. The Hall–Kier alpha value is -0.830. The van der Waals surface area contributed by atoms with E-state index in [0.29, 0.717) is 5.56 Å². The third-order valence-corrected chi connectivity index (χ3v) is 4.51. The van der Waals surface area contributed by atoms with E-state index in [2.05, 4.69) is 42.4 Å². The van der Waals surface area contributed by atoms with Gasteiger partial charge < -0.3 is 0 Å².